The van der Waals surface area contributed by atoms with Crippen LogP contribution in [-0.2, 0) is 16.1 Å². The van der Waals surface area contributed by atoms with Gasteiger partial charge in [0.15, 0.2) is 0 Å². The number of hydrogen-bond donors (Lipinski definition) is 3. The standard InChI is InChI=1S/C13H19N3O5/c1-8(2)7-9(12(19)20)14-10(17)3-5-16-6-4-11(18)15-13(16)21/h4,6,8-9H,3,5,7H2,1-2H3,(H,14,17)(H,19,20)(H,15,18,21)/t9-/m0/s1. The molecule has 0 aliphatic heterocycles. The first-order valence-electron chi connectivity index (χ1n) is 6.61. The van der Waals surface area contributed by atoms with Crippen LogP contribution in [0.3, 0.4) is 0 Å². The van der Waals surface area contributed by atoms with Crippen LogP contribution in [0.15, 0.2) is 21.9 Å². The summed E-state index contributed by atoms with van der Waals surface area (Å²) in [5, 5.41) is 11.4. The van der Waals surface area contributed by atoms with Crippen LogP contribution in [0.2, 0.25) is 0 Å². The maximum absolute atomic E-state index is 11.7. The first-order valence-corrected chi connectivity index (χ1v) is 6.61. The van der Waals surface area contributed by atoms with Gasteiger partial charge in [0.25, 0.3) is 5.56 Å². The van der Waals surface area contributed by atoms with Gasteiger partial charge in [0.05, 0.1) is 0 Å². The Labute approximate surface area is 120 Å². The fraction of sp³-hybridized carbons (Fsp3) is 0.538. The molecule has 1 aromatic heterocycles. The van der Waals surface area contributed by atoms with E-state index in [4.69, 9.17) is 5.11 Å². The molecule has 0 aliphatic rings. The molecule has 3 N–H and O–H groups in total. The fourth-order valence-corrected chi connectivity index (χ4v) is 1.80. The predicted octanol–water partition coefficient (Wildman–Crippen LogP) is -0.458. The van der Waals surface area contributed by atoms with E-state index in [2.05, 4.69) is 10.3 Å². The lowest BCUT2D eigenvalue weighted by Gasteiger charge is -2.16. The number of carboxylic acids is 1. The summed E-state index contributed by atoms with van der Waals surface area (Å²) in [5.74, 6) is -1.41. The normalized spacial score (nSPS) is 12.1. The van der Waals surface area contributed by atoms with Crippen LogP contribution in [0.4, 0.5) is 0 Å². The quantitative estimate of drug-likeness (QED) is 0.629. The lowest BCUT2D eigenvalue weighted by Crippen LogP contribution is -2.42. The number of aromatic nitrogens is 2. The number of carboxylic acid groups (broad SMARTS) is 1. The van der Waals surface area contributed by atoms with Crippen molar-refractivity contribution in [2.24, 2.45) is 5.92 Å². The Morgan fingerprint density at radius 1 is 1.38 bits per heavy atom. The number of aromatic amines is 1. The Bertz CT molecular complexity index is 617. The average molecular weight is 297 g/mol. The summed E-state index contributed by atoms with van der Waals surface area (Å²) in [5.41, 5.74) is -1.11. The van der Waals surface area contributed by atoms with Crippen LogP contribution in [0, 0.1) is 5.92 Å². The summed E-state index contributed by atoms with van der Waals surface area (Å²) in [4.78, 5) is 47.1. The lowest BCUT2D eigenvalue weighted by atomic mass is 10.0. The third-order valence-corrected chi connectivity index (χ3v) is 2.82. The van der Waals surface area contributed by atoms with Gasteiger partial charge in [0, 0.05) is 25.2 Å². The van der Waals surface area contributed by atoms with Gasteiger partial charge < -0.3 is 15.0 Å². The molecule has 1 atom stereocenters. The van der Waals surface area contributed by atoms with Crippen molar-refractivity contribution in [3.05, 3.63) is 33.1 Å². The molecule has 8 heteroatoms. The molecule has 0 spiro atoms. The molecular formula is C13H19N3O5. The minimum Gasteiger partial charge on any atom is -0.480 e. The summed E-state index contributed by atoms with van der Waals surface area (Å²) in [6.07, 6.45) is 1.57. The van der Waals surface area contributed by atoms with E-state index in [1.165, 1.54) is 16.8 Å². The lowest BCUT2D eigenvalue weighted by molar-refractivity contribution is -0.142. The number of carbonyl (C=O) groups excluding carboxylic acids is 1. The Hall–Kier alpha value is -2.38. The first-order chi connectivity index (χ1) is 9.79. The zero-order chi connectivity index (χ0) is 16.0. The van der Waals surface area contributed by atoms with Crippen molar-refractivity contribution in [1.29, 1.82) is 0 Å². The third kappa shape index (κ3) is 5.64. The smallest absolute Gasteiger partial charge is 0.328 e. The van der Waals surface area contributed by atoms with E-state index in [1.807, 2.05) is 13.8 Å². The van der Waals surface area contributed by atoms with Gasteiger partial charge in [-0.15, -0.1) is 0 Å². The first kappa shape index (κ1) is 16.7. The second kappa shape index (κ2) is 7.41. The molecule has 8 nitrogen and oxygen atoms in total. The van der Waals surface area contributed by atoms with E-state index in [0.29, 0.717) is 6.42 Å². The summed E-state index contributed by atoms with van der Waals surface area (Å²) in [7, 11) is 0. The number of aryl methyl sites for hydroxylation is 1. The van der Waals surface area contributed by atoms with Gasteiger partial charge in [-0.05, 0) is 12.3 Å². The van der Waals surface area contributed by atoms with Crippen LogP contribution >= 0.6 is 0 Å². The van der Waals surface area contributed by atoms with Gasteiger partial charge in [-0.1, -0.05) is 13.8 Å². The number of H-pyrrole nitrogens is 1. The molecule has 1 aromatic rings. The van der Waals surface area contributed by atoms with E-state index in [1.54, 1.807) is 0 Å². The maximum atomic E-state index is 11.7. The van der Waals surface area contributed by atoms with E-state index < -0.39 is 29.2 Å². The third-order valence-electron chi connectivity index (χ3n) is 2.82. The molecule has 1 amide bonds. The van der Waals surface area contributed by atoms with Crippen LogP contribution in [0.25, 0.3) is 0 Å². The second-order valence-corrected chi connectivity index (χ2v) is 5.14. The van der Waals surface area contributed by atoms with Crippen LogP contribution in [0.1, 0.15) is 26.7 Å². The van der Waals surface area contributed by atoms with Crippen molar-refractivity contribution in [2.45, 2.75) is 39.3 Å². The summed E-state index contributed by atoms with van der Waals surface area (Å²) in [6, 6.07) is 0.239. The van der Waals surface area contributed by atoms with Gasteiger partial charge in [-0.25, -0.2) is 9.59 Å². The Kier molecular flexibility index (Phi) is 5.89. The number of aliphatic carboxylic acids is 1. The molecule has 0 saturated heterocycles. The van der Waals surface area contributed by atoms with Gasteiger partial charge in [-0.2, -0.15) is 0 Å². The Morgan fingerprint density at radius 3 is 2.57 bits per heavy atom. The van der Waals surface area contributed by atoms with E-state index >= 15 is 0 Å². The van der Waals surface area contributed by atoms with Crippen LogP contribution in [0.5, 0.6) is 0 Å². The van der Waals surface area contributed by atoms with Crippen LogP contribution < -0.4 is 16.6 Å². The van der Waals surface area contributed by atoms with Gasteiger partial charge in [0.1, 0.15) is 6.04 Å². The monoisotopic (exact) mass is 297 g/mol. The van der Waals surface area contributed by atoms with E-state index in [-0.39, 0.29) is 18.9 Å². The van der Waals surface area contributed by atoms with E-state index in [9.17, 15) is 19.2 Å². The zero-order valence-corrected chi connectivity index (χ0v) is 12.0. The molecule has 116 valence electrons. The SMILES string of the molecule is CC(C)C[C@H](NC(=O)CCn1ccc(=O)[nH]c1=O)C(=O)O. The molecule has 0 saturated carbocycles. The summed E-state index contributed by atoms with van der Waals surface area (Å²) >= 11 is 0. The topological polar surface area (TPSA) is 121 Å². The number of nitrogens with zero attached hydrogens (tertiary/aromatic N) is 1. The van der Waals surface area contributed by atoms with Crippen LogP contribution in [-0.4, -0.2) is 32.6 Å². The number of carbonyl (C=O) groups is 2. The number of nitrogens with one attached hydrogen (secondary N) is 2. The van der Waals surface area contributed by atoms with E-state index in [0.717, 1.165) is 0 Å². The minimum absolute atomic E-state index is 0.0478. The van der Waals surface area contributed by atoms with Gasteiger partial charge in [0.2, 0.25) is 5.91 Å². The second-order valence-electron chi connectivity index (χ2n) is 5.14. The highest BCUT2D eigenvalue weighted by Gasteiger charge is 2.20. The molecule has 0 aromatic carbocycles. The fourth-order valence-electron chi connectivity index (χ4n) is 1.80. The summed E-state index contributed by atoms with van der Waals surface area (Å²) in [6.45, 7) is 3.79. The summed E-state index contributed by atoms with van der Waals surface area (Å²) < 4.78 is 1.18. The average Bonchev–Trinajstić information content (AvgIpc) is 2.36. The van der Waals surface area contributed by atoms with Gasteiger partial charge >= 0.3 is 11.7 Å². The maximum Gasteiger partial charge on any atom is 0.328 e. The molecule has 0 aliphatic carbocycles. The van der Waals surface area contributed by atoms with Crippen molar-refractivity contribution in [3.63, 3.8) is 0 Å². The highest BCUT2D eigenvalue weighted by molar-refractivity contribution is 5.83. The van der Waals surface area contributed by atoms with Crippen molar-refractivity contribution in [3.8, 4) is 0 Å². The Balaban J connectivity index is 2.58. The highest BCUT2D eigenvalue weighted by Crippen LogP contribution is 2.05. The zero-order valence-electron chi connectivity index (χ0n) is 12.0. The molecule has 0 unspecified atom stereocenters. The number of rotatable bonds is 7. The molecule has 1 heterocycles. The molecule has 0 radical (unpaired) electrons. The predicted molar refractivity (Wildman–Crippen MR) is 75.0 cm³/mol. The van der Waals surface area contributed by atoms with Crippen molar-refractivity contribution >= 4 is 11.9 Å². The van der Waals surface area contributed by atoms with Crippen molar-refractivity contribution in [2.75, 3.05) is 0 Å². The Morgan fingerprint density at radius 2 is 2.05 bits per heavy atom. The molecular weight excluding hydrogens is 278 g/mol. The number of amides is 1. The molecule has 21 heavy (non-hydrogen) atoms. The van der Waals surface area contributed by atoms with Crippen molar-refractivity contribution < 1.29 is 14.7 Å². The molecule has 0 bridgehead atoms. The highest BCUT2D eigenvalue weighted by atomic mass is 16.4. The van der Waals surface area contributed by atoms with Gasteiger partial charge in [-0.3, -0.25) is 14.6 Å². The molecule has 0 fully saturated rings. The molecule has 1 rings (SSSR count). The minimum atomic E-state index is -1.08. The number of hydrogen-bond acceptors (Lipinski definition) is 4. The largest absolute Gasteiger partial charge is 0.480 e. The van der Waals surface area contributed by atoms with Crippen molar-refractivity contribution in [1.82, 2.24) is 14.9 Å².